The van der Waals surface area contributed by atoms with Gasteiger partial charge in [-0.05, 0) is 37.5 Å². The lowest BCUT2D eigenvalue weighted by molar-refractivity contribution is -0.140. The van der Waals surface area contributed by atoms with Crippen LogP contribution in [0.15, 0.2) is 78.9 Å². The minimum atomic E-state index is -0.588. The Balaban J connectivity index is 1.95. The molecule has 3 aromatic rings. The zero-order valence-electron chi connectivity index (χ0n) is 19.2. The van der Waals surface area contributed by atoms with Gasteiger partial charge in [-0.15, -0.1) is 0 Å². The second-order valence-corrected chi connectivity index (χ2v) is 8.28. The molecule has 0 fully saturated rings. The van der Waals surface area contributed by atoms with Crippen molar-refractivity contribution in [2.45, 2.75) is 46.2 Å². The largest absolute Gasteiger partial charge is 0.355 e. The first-order valence-corrected chi connectivity index (χ1v) is 11.2. The summed E-state index contributed by atoms with van der Waals surface area (Å²) in [4.78, 5) is 28.5. The molecule has 0 radical (unpaired) electrons. The van der Waals surface area contributed by atoms with Gasteiger partial charge in [0, 0.05) is 19.5 Å². The first-order valence-electron chi connectivity index (χ1n) is 11.2. The van der Waals surface area contributed by atoms with E-state index in [4.69, 9.17) is 0 Å². The number of carbonyl (C=O) groups excluding carboxylic acids is 2. The fourth-order valence-corrected chi connectivity index (χ4v) is 3.95. The molecule has 0 bridgehead atoms. The number of nitrogens with one attached hydrogen (secondary N) is 1. The molecule has 4 nitrogen and oxygen atoms in total. The number of likely N-dealkylation sites (N-methyl/N-ethyl adjacent to an activating group) is 1. The molecule has 0 aromatic heterocycles. The summed E-state index contributed by atoms with van der Waals surface area (Å²) in [6.07, 6.45) is 0.732. The number of rotatable bonds is 9. The van der Waals surface area contributed by atoms with E-state index in [9.17, 15) is 9.59 Å². The molecule has 0 heterocycles. The average molecular weight is 429 g/mol. The van der Waals surface area contributed by atoms with Crippen LogP contribution in [0.4, 0.5) is 0 Å². The third-order valence-electron chi connectivity index (χ3n) is 5.50. The summed E-state index contributed by atoms with van der Waals surface area (Å²) >= 11 is 0. The molecule has 1 atom stereocenters. The highest BCUT2D eigenvalue weighted by Gasteiger charge is 2.30. The van der Waals surface area contributed by atoms with E-state index in [-0.39, 0.29) is 18.2 Å². The molecule has 4 heteroatoms. The van der Waals surface area contributed by atoms with Crippen molar-refractivity contribution in [2.75, 3.05) is 6.54 Å². The maximum Gasteiger partial charge on any atom is 0.243 e. The van der Waals surface area contributed by atoms with E-state index in [0.717, 1.165) is 27.8 Å². The van der Waals surface area contributed by atoms with Crippen LogP contribution in [0.25, 0.3) is 0 Å². The van der Waals surface area contributed by atoms with Gasteiger partial charge in [-0.2, -0.15) is 0 Å². The molecule has 0 saturated heterocycles. The van der Waals surface area contributed by atoms with E-state index in [0.29, 0.717) is 19.5 Å². The van der Waals surface area contributed by atoms with E-state index in [2.05, 4.69) is 11.4 Å². The van der Waals surface area contributed by atoms with Crippen molar-refractivity contribution in [1.82, 2.24) is 10.2 Å². The summed E-state index contributed by atoms with van der Waals surface area (Å²) in [7, 11) is 0. The Morgan fingerprint density at radius 3 is 2.03 bits per heavy atom. The van der Waals surface area contributed by atoms with Crippen LogP contribution in [0.2, 0.25) is 0 Å². The maximum absolute atomic E-state index is 13.6. The lowest BCUT2D eigenvalue weighted by Crippen LogP contribution is -2.50. The third kappa shape index (κ3) is 6.55. The van der Waals surface area contributed by atoms with Crippen molar-refractivity contribution in [3.05, 3.63) is 107 Å². The number of nitrogens with zero attached hydrogens (tertiary/aromatic N) is 1. The highest BCUT2D eigenvalue weighted by Crippen LogP contribution is 2.17. The van der Waals surface area contributed by atoms with Gasteiger partial charge < -0.3 is 10.2 Å². The fourth-order valence-electron chi connectivity index (χ4n) is 3.95. The van der Waals surface area contributed by atoms with E-state index >= 15 is 0 Å². The second kappa shape index (κ2) is 11.3. The summed E-state index contributed by atoms with van der Waals surface area (Å²) in [5.41, 5.74) is 5.25. The molecule has 1 unspecified atom stereocenters. The van der Waals surface area contributed by atoms with E-state index in [1.165, 1.54) is 0 Å². The molecule has 1 N–H and O–H groups in total. The van der Waals surface area contributed by atoms with Crippen LogP contribution in [0.5, 0.6) is 0 Å². The van der Waals surface area contributed by atoms with Gasteiger partial charge in [-0.3, -0.25) is 9.59 Å². The van der Waals surface area contributed by atoms with Gasteiger partial charge in [0.05, 0.1) is 6.42 Å². The molecule has 0 aliphatic heterocycles. The van der Waals surface area contributed by atoms with Gasteiger partial charge in [0.15, 0.2) is 0 Å². The fraction of sp³-hybridized carbons (Fsp3) is 0.286. The third-order valence-corrected chi connectivity index (χ3v) is 5.50. The van der Waals surface area contributed by atoms with Crippen LogP contribution in [-0.2, 0) is 29.0 Å². The summed E-state index contributed by atoms with van der Waals surface area (Å²) in [6, 6.07) is 25.4. The molecule has 0 saturated carbocycles. The van der Waals surface area contributed by atoms with Crippen molar-refractivity contribution in [3.63, 3.8) is 0 Å². The lowest BCUT2D eigenvalue weighted by atomic mass is 10.0. The van der Waals surface area contributed by atoms with Crippen molar-refractivity contribution in [1.29, 1.82) is 0 Å². The number of hydrogen-bond acceptors (Lipinski definition) is 2. The SMILES string of the molecule is CCNC(=O)C(Cc1ccccc1)N(Cc1cccc(C)c1)C(=O)Cc1cccc(C)c1. The number of hydrogen-bond donors (Lipinski definition) is 1. The molecule has 166 valence electrons. The van der Waals surface area contributed by atoms with Crippen LogP contribution in [0, 0.1) is 13.8 Å². The molecule has 0 aliphatic rings. The van der Waals surface area contributed by atoms with Crippen molar-refractivity contribution in [2.24, 2.45) is 0 Å². The standard InChI is InChI=1S/C28H32N2O2/c1-4-29-28(32)26(18-23-12-6-5-7-13-23)30(20-25-15-9-11-22(3)17-25)27(31)19-24-14-8-10-21(2)16-24/h5-17,26H,4,18-20H2,1-3H3,(H,29,32). The Labute approximate surface area is 191 Å². The predicted octanol–water partition coefficient (Wildman–Crippen LogP) is 4.62. The molecule has 32 heavy (non-hydrogen) atoms. The monoisotopic (exact) mass is 428 g/mol. The number of carbonyl (C=O) groups is 2. The van der Waals surface area contributed by atoms with Crippen LogP contribution in [0.1, 0.15) is 34.7 Å². The Hall–Kier alpha value is -3.40. The molecule has 3 rings (SSSR count). The highest BCUT2D eigenvalue weighted by atomic mass is 16.2. The maximum atomic E-state index is 13.6. The minimum absolute atomic E-state index is 0.0516. The summed E-state index contributed by atoms with van der Waals surface area (Å²) in [6.45, 7) is 6.87. The topological polar surface area (TPSA) is 49.4 Å². The Morgan fingerprint density at radius 2 is 1.41 bits per heavy atom. The Kier molecular flexibility index (Phi) is 8.20. The smallest absolute Gasteiger partial charge is 0.243 e. The zero-order chi connectivity index (χ0) is 22.9. The van der Waals surface area contributed by atoms with Crippen LogP contribution >= 0.6 is 0 Å². The highest BCUT2D eigenvalue weighted by molar-refractivity contribution is 5.88. The second-order valence-electron chi connectivity index (χ2n) is 8.28. The van der Waals surface area contributed by atoms with E-state index in [1.807, 2.05) is 93.6 Å². The number of benzene rings is 3. The average Bonchev–Trinajstić information content (AvgIpc) is 2.77. The zero-order valence-corrected chi connectivity index (χ0v) is 19.2. The Morgan fingerprint density at radius 1 is 0.812 bits per heavy atom. The van der Waals surface area contributed by atoms with Gasteiger partial charge in [-0.1, -0.05) is 90.0 Å². The van der Waals surface area contributed by atoms with Crippen molar-refractivity contribution >= 4 is 11.8 Å². The number of aryl methyl sites for hydroxylation is 2. The van der Waals surface area contributed by atoms with Crippen molar-refractivity contribution < 1.29 is 9.59 Å². The minimum Gasteiger partial charge on any atom is -0.355 e. The quantitative estimate of drug-likeness (QED) is 0.541. The normalized spacial score (nSPS) is 11.6. The van der Waals surface area contributed by atoms with Crippen LogP contribution in [-0.4, -0.2) is 29.3 Å². The van der Waals surface area contributed by atoms with Gasteiger partial charge >= 0.3 is 0 Å². The van der Waals surface area contributed by atoms with E-state index in [1.54, 1.807) is 4.90 Å². The first-order chi connectivity index (χ1) is 15.5. The summed E-state index contributed by atoms with van der Waals surface area (Å²) in [5.74, 6) is -0.175. The van der Waals surface area contributed by atoms with E-state index < -0.39 is 6.04 Å². The molecule has 3 aromatic carbocycles. The van der Waals surface area contributed by atoms with Gasteiger partial charge in [0.25, 0.3) is 0 Å². The predicted molar refractivity (Wildman–Crippen MR) is 129 cm³/mol. The van der Waals surface area contributed by atoms with Crippen LogP contribution < -0.4 is 5.32 Å². The molecule has 0 aliphatic carbocycles. The lowest BCUT2D eigenvalue weighted by Gasteiger charge is -2.31. The molecule has 0 spiro atoms. The molecular formula is C28H32N2O2. The van der Waals surface area contributed by atoms with Gasteiger partial charge in [0.1, 0.15) is 6.04 Å². The molecule has 2 amide bonds. The Bertz CT molecular complexity index is 1050. The summed E-state index contributed by atoms with van der Waals surface area (Å²) in [5, 5.41) is 2.94. The van der Waals surface area contributed by atoms with Crippen LogP contribution in [0.3, 0.4) is 0 Å². The van der Waals surface area contributed by atoms with Gasteiger partial charge in [0.2, 0.25) is 11.8 Å². The molecular weight excluding hydrogens is 396 g/mol. The first kappa shape index (κ1) is 23.3. The summed E-state index contributed by atoms with van der Waals surface area (Å²) < 4.78 is 0. The number of amides is 2. The van der Waals surface area contributed by atoms with Gasteiger partial charge in [-0.25, -0.2) is 0 Å². The van der Waals surface area contributed by atoms with Crippen molar-refractivity contribution in [3.8, 4) is 0 Å².